The second-order valence-corrected chi connectivity index (χ2v) is 4.68. The molecule has 2 heterocycles. The van der Waals surface area contributed by atoms with Crippen molar-refractivity contribution in [1.29, 1.82) is 0 Å². The third kappa shape index (κ3) is 2.48. The van der Waals surface area contributed by atoms with Gasteiger partial charge in [-0.3, -0.25) is 4.79 Å². The first kappa shape index (κ1) is 14.0. The second-order valence-electron chi connectivity index (χ2n) is 4.68. The molecule has 0 aliphatic heterocycles. The molecule has 0 amide bonds. The monoisotopic (exact) mass is 298 g/mol. The van der Waals surface area contributed by atoms with E-state index in [9.17, 15) is 9.59 Å². The van der Waals surface area contributed by atoms with E-state index in [1.165, 1.54) is 10.9 Å². The standard InChI is InChI=1S/C15H14N4O3/c1-2-8-22-15(21)12-17-13-11(14(20)18-12)9-16-19(13)10-6-4-3-5-7-10/h3-7,9H,2,8H2,1H3,(H,17,18,20). The average Bonchev–Trinajstić information content (AvgIpc) is 2.98. The van der Waals surface area contributed by atoms with Crippen molar-refractivity contribution in [1.82, 2.24) is 19.7 Å². The second kappa shape index (κ2) is 5.80. The number of fused-ring (bicyclic) bond motifs is 1. The van der Waals surface area contributed by atoms with Crippen LogP contribution in [0.5, 0.6) is 0 Å². The fourth-order valence-electron chi connectivity index (χ4n) is 2.04. The number of carbonyl (C=O) groups is 1. The number of esters is 1. The van der Waals surface area contributed by atoms with Crippen LogP contribution < -0.4 is 5.56 Å². The van der Waals surface area contributed by atoms with E-state index in [-0.39, 0.29) is 12.4 Å². The predicted molar refractivity (Wildman–Crippen MR) is 80.1 cm³/mol. The molecule has 7 nitrogen and oxygen atoms in total. The van der Waals surface area contributed by atoms with E-state index in [1.54, 1.807) is 0 Å². The minimum atomic E-state index is -0.651. The van der Waals surface area contributed by atoms with Crippen LogP contribution in [0.25, 0.3) is 16.7 Å². The minimum Gasteiger partial charge on any atom is -0.460 e. The van der Waals surface area contributed by atoms with Crippen molar-refractivity contribution in [3.8, 4) is 5.69 Å². The number of aromatic nitrogens is 4. The van der Waals surface area contributed by atoms with Crippen molar-refractivity contribution in [2.24, 2.45) is 0 Å². The minimum absolute atomic E-state index is 0.122. The van der Waals surface area contributed by atoms with E-state index in [4.69, 9.17) is 4.74 Å². The highest BCUT2D eigenvalue weighted by atomic mass is 16.5. The Labute approximate surface area is 125 Å². The van der Waals surface area contributed by atoms with Gasteiger partial charge < -0.3 is 9.72 Å². The van der Waals surface area contributed by atoms with Gasteiger partial charge in [0, 0.05) is 0 Å². The molecule has 1 aromatic carbocycles. The molecule has 0 atom stereocenters. The lowest BCUT2D eigenvalue weighted by molar-refractivity contribution is 0.0490. The lowest BCUT2D eigenvalue weighted by Gasteiger charge is -2.04. The number of carbonyl (C=O) groups excluding carboxylic acids is 1. The molecule has 3 rings (SSSR count). The lowest BCUT2D eigenvalue weighted by Crippen LogP contribution is -2.18. The smallest absolute Gasteiger partial charge is 0.374 e. The summed E-state index contributed by atoms with van der Waals surface area (Å²) in [6, 6.07) is 9.26. The van der Waals surface area contributed by atoms with Crippen LogP contribution in [-0.2, 0) is 4.74 Å². The molecule has 0 radical (unpaired) electrons. The largest absolute Gasteiger partial charge is 0.460 e. The molecule has 0 aliphatic rings. The molecule has 0 fully saturated rings. The van der Waals surface area contributed by atoms with Gasteiger partial charge in [-0.05, 0) is 18.6 Å². The maximum atomic E-state index is 12.1. The highest BCUT2D eigenvalue weighted by Gasteiger charge is 2.16. The summed E-state index contributed by atoms with van der Waals surface area (Å²) in [6.07, 6.45) is 2.12. The number of H-pyrrole nitrogens is 1. The Morgan fingerprint density at radius 3 is 2.82 bits per heavy atom. The molecule has 7 heteroatoms. The van der Waals surface area contributed by atoms with Gasteiger partial charge in [0.05, 0.1) is 18.5 Å². The van der Waals surface area contributed by atoms with Crippen LogP contribution in [0.4, 0.5) is 0 Å². The lowest BCUT2D eigenvalue weighted by atomic mass is 10.3. The summed E-state index contributed by atoms with van der Waals surface area (Å²) >= 11 is 0. The van der Waals surface area contributed by atoms with Gasteiger partial charge in [-0.15, -0.1) is 0 Å². The number of nitrogens with zero attached hydrogens (tertiary/aromatic N) is 3. The fraction of sp³-hybridized carbons (Fsp3) is 0.200. The van der Waals surface area contributed by atoms with E-state index in [1.807, 2.05) is 37.3 Å². The summed E-state index contributed by atoms with van der Waals surface area (Å²) in [5, 5.41) is 4.49. The Morgan fingerprint density at radius 2 is 2.09 bits per heavy atom. The van der Waals surface area contributed by atoms with Crippen LogP contribution in [0.15, 0.2) is 41.3 Å². The Hall–Kier alpha value is -2.96. The highest BCUT2D eigenvalue weighted by Crippen LogP contribution is 2.13. The van der Waals surface area contributed by atoms with Crippen LogP contribution in [0.3, 0.4) is 0 Å². The zero-order chi connectivity index (χ0) is 15.5. The van der Waals surface area contributed by atoms with E-state index in [2.05, 4.69) is 15.1 Å². The quantitative estimate of drug-likeness (QED) is 0.740. The van der Waals surface area contributed by atoms with Crippen LogP contribution in [0.2, 0.25) is 0 Å². The maximum absolute atomic E-state index is 12.1. The van der Waals surface area contributed by atoms with E-state index in [0.717, 1.165) is 5.69 Å². The fourth-order valence-corrected chi connectivity index (χ4v) is 2.04. The summed E-state index contributed by atoms with van der Waals surface area (Å²) in [5.41, 5.74) is 0.650. The molecule has 0 spiro atoms. The van der Waals surface area contributed by atoms with Crippen molar-refractivity contribution in [2.45, 2.75) is 13.3 Å². The normalized spacial score (nSPS) is 10.8. The van der Waals surface area contributed by atoms with Gasteiger partial charge in [0.25, 0.3) is 5.56 Å². The summed E-state index contributed by atoms with van der Waals surface area (Å²) < 4.78 is 6.52. The van der Waals surface area contributed by atoms with Crippen molar-refractivity contribution in [2.75, 3.05) is 6.61 Å². The summed E-state index contributed by atoms with van der Waals surface area (Å²) in [4.78, 5) is 30.6. The molecular weight excluding hydrogens is 284 g/mol. The Kier molecular flexibility index (Phi) is 3.69. The van der Waals surface area contributed by atoms with Gasteiger partial charge in [0.1, 0.15) is 5.39 Å². The first-order chi connectivity index (χ1) is 10.7. The van der Waals surface area contributed by atoms with Crippen LogP contribution in [-0.4, -0.2) is 32.3 Å². The van der Waals surface area contributed by atoms with Crippen molar-refractivity contribution in [3.63, 3.8) is 0 Å². The number of aromatic amines is 1. The highest BCUT2D eigenvalue weighted by molar-refractivity contribution is 5.87. The molecule has 3 aromatic rings. The van der Waals surface area contributed by atoms with Gasteiger partial charge >= 0.3 is 5.97 Å². The number of benzene rings is 1. The average molecular weight is 298 g/mol. The van der Waals surface area contributed by atoms with Gasteiger partial charge in [0.2, 0.25) is 5.82 Å². The molecule has 0 saturated carbocycles. The molecule has 2 aromatic heterocycles. The Bertz CT molecular complexity index is 867. The molecule has 22 heavy (non-hydrogen) atoms. The zero-order valence-electron chi connectivity index (χ0n) is 11.9. The third-order valence-corrected chi connectivity index (χ3v) is 3.07. The van der Waals surface area contributed by atoms with Gasteiger partial charge in [-0.25, -0.2) is 14.5 Å². The summed E-state index contributed by atoms with van der Waals surface area (Å²) in [7, 11) is 0. The number of hydrogen-bond acceptors (Lipinski definition) is 5. The van der Waals surface area contributed by atoms with Gasteiger partial charge in [-0.2, -0.15) is 5.10 Å². The number of para-hydroxylation sites is 1. The van der Waals surface area contributed by atoms with Gasteiger partial charge in [0.15, 0.2) is 5.65 Å². The first-order valence-electron chi connectivity index (χ1n) is 6.91. The molecule has 1 N–H and O–H groups in total. The van der Waals surface area contributed by atoms with Crippen LogP contribution in [0.1, 0.15) is 24.0 Å². The van der Waals surface area contributed by atoms with E-state index in [0.29, 0.717) is 17.5 Å². The van der Waals surface area contributed by atoms with E-state index < -0.39 is 11.5 Å². The van der Waals surface area contributed by atoms with Crippen LogP contribution in [0, 0.1) is 0 Å². The Morgan fingerprint density at radius 1 is 1.32 bits per heavy atom. The molecule has 0 unspecified atom stereocenters. The molecule has 0 bridgehead atoms. The predicted octanol–water partition coefficient (Wildman–Crippen LogP) is 1.68. The zero-order valence-corrected chi connectivity index (χ0v) is 11.9. The van der Waals surface area contributed by atoms with Crippen molar-refractivity contribution >= 4 is 17.0 Å². The van der Waals surface area contributed by atoms with Crippen molar-refractivity contribution in [3.05, 3.63) is 52.7 Å². The Balaban J connectivity index is 2.12. The third-order valence-electron chi connectivity index (χ3n) is 3.07. The first-order valence-corrected chi connectivity index (χ1v) is 6.91. The maximum Gasteiger partial charge on any atom is 0.374 e. The molecule has 0 saturated heterocycles. The SMILES string of the molecule is CCCOC(=O)c1nc2c(cnn2-c2ccccc2)c(=O)[nH]1. The molecular formula is C15H14N4O3. The number of nitrogens with one attached hydrogen (secondary N) is 1. The number of ether oxygens (including phenoxy) is 1. The van der Waals surface area contributed by atoms with Crippen LogP contribution >= 0.6 is 0 Å². The topological polar surface area (TPSA) is 89.9 Å². The summed E-state index contributed by atoms with van der Waals surface area (Å²) in [6.45, 7) is 2.16. The number of hydrogen-bond donors (Lipinski definition) is 1. The van der Waals surface area contributed by atoms with E-state index >= 15 is 0 Å². The molecule has 112 valence electrons. The molecule has 0 aliphatic carbocycles. The number of rotatable bonds is 4. The van der Waals surface area contributed by atoms with Crippen molar-refractivity contribution < 1.29 is 9.53 Å². The summed E-state index contributed by atoms with van der Waals surface area (Å²) in [5.74, 6) is -0.773. The van der Waals surface area contributed by atoms with Gasteiger partial charge in [-0.1, -0.05) is 25.1 Å².